The SMILES string of the molecule is O=C1NC2(CC2)C(=O)N1c1ccc(OC(F)(F)F)cc1. The van der Waals surface area contributed by atoms with Crippen molar-refractivity contribution in [2.75, 3.05) is 4.90 Å². The molecule has 5 nitrogen and oxygen atoms in total. The smallest absolute Gasteiger partial charge is 0.406 e. The average molecular weight is 286 g/mol. The normalized spacial score (nSPS) is 20.2. The second-order valence-electron chi connectivity index (χ2n) is 4.69. The predicted molar refractivity (Wildman–Crippen MR) is 61.1 cm³/mol. The van der Waals surface area contributed by atoms with Crippen molar-refractivity contribution in [2.24, 2.45) is 0 Å². The molecule has 2 aliphatic rings. The summed E-state index contributed by atoms with van der Waals surface area (Å²) in [5.41, 5.74) is -0.580. The fourth-order valence-electron chi connectivity index (χ4n) is 2.12. The molecule has 0 unspecified atom stereocenters. The summed E-state index contributed by atoms with van der Waals surface area (Å²) in [5, 5.41) is 2.58. The molecule has 1 heterocycles. The molecule has 1 N–H and O–H groups in total. The van der Waals surface area contributed by atoms with E-state index in [0.29, 0.717) is 12.8 Å². The van der Waals surface area contributed by atoms with E-state index >= 15 is 0 Å². The van der Waals surface area contributed by atoms with Crippen molar-refractivity contribution in [2.45, 2.75) is 24.7 Å². The van der Waals surface area contributed by atoms with Crippen LogP contribution >= 0.6 is 0 Å². The molecule has 1 aromatic carbocycles. The van der Waals surface area contributed by atoms with Crippen molar-refractivity contribution in [3.8, 4) is 5.75 Å². The van der Waals surface area contributed by atoms with Gasteiger partial charge in [-0.05, 0) is 37.1 Å². The van der Waals surface area contributed by atoms with Crippen LogP contribution in [0.1, 0.15) is 12.8 Å². The Kier molecular flexibility index (Phi) is 2.47. The van der Waals surface area contributed by atoms with Gasteiger partial charge in [0.05, 0.1) is 5.69 Å². The molecule has 8 heteroatoms. The third-order valence-electron chi connectivity index (χ3n) is 3.24. The van der Waals surface area contributed by atoms with E-state index in [4.69, 9.17) is 0 Å². The lowest BCUT2D eigenvalue weighted by molar-refractivity contribution is -0.274. The van der Waals surface area contributed by atoms with Gasteiger partial charge in [-0.1, -0.05) is 0 Å². The maximum Gasteiger partial charge on any atom is 0.573 e. The van der Waals surface area contributed by atoms with Gasteiger partial charge in [0.2, 0.25) is 0 Å². The minimum Gasteiger partial charge on any atom is -0.406 e. The number of hydrogen-bond donors (Lipinski definition) is 1. The molecule has 20 heavy (non-hydrogen) atoms. The van der Waals surface area contributed by atoms with Crippen molar-refractivity contribution in [1.82, 2.24) is 5.32 Å². The van der Waals surface area contributed by atoms with E-state index in [1.807, 2.05) is 0 Å². The van der Waals surface area contributed by atoms with Gasteiger partial charge < -0.3 is 10.1 Å². The molecule has 1 spiro atoms. The van der Waals surface area contributed by atoms with Crippen LogP contribution < -0.4 is 15.0 Å². The zero-order valence-corrected chi connectivity index (χ0v) is 10.0. The molecule has 3 rings (SSSR count). The number of amides is 3. The Labute approximate surface area is 111 Å². The van der Waals surface area contributed by atoms with E-state index in [0.717, 1.165) is 17.0 Å². The fourth-order valence-corrected chi connectivity index (χ4v) is 2.12. The Hall–Kier alpha value is -2.25. The summed E-state index contributed by atoms with van der Waals surface area (Å²) in [4.78, 5) is 24.7. The second kappa shape index (κ2) is 3.87. The van der Waals surface area contributed by atoms with Crippen LogP contribution in [-0.2, 0) is 4.79 Å². The number of imide groups is 1. The largest absolute Gasteiger partial charge is 0.573 e. The molecule has 1 saturated heterocycles. The first-order valence-electron chi connectivity index (χ1n) is 5.83. The van der Waals surface area contributed by atoms with E-state index in [1.165, 1.54) is 12.1 Å². The van der Waals surface area contributed by atoms with Crippen molar-refractivity contribution in [3.63, 3.8) is 0 Å². The minimum atomic E-state index is -4.78. The number of urea groups is 1. The number of nitrogens with one attached hydrogen (secondary N) is 1. The highest BCUT2D eigenvalue weighted by Crippen LogP contribution is 2.42. The van der Waals surface area contributed by atoms with Gasteiger partial charge in [0.25, 0.3) is 5.91 Å². The van der Waals surface area contributed by atoms with Gasteiger partial charge in [-0.15, -0.1) is 13.2 Å². The maximum absolute atomic E-state index is 12.0. The Morgan fingerprint density at radius 2 is 1.75 bits per heavy atom. The molecule has 0 aromatic heterocycles. The van der Waals surface area contributed by atoms with Gasteiger partial charge in [-0.2, -0.15) is 0 Å². The molecular weight excluding hydrogens is 277 g/mol. The number of ether oxygens (including phenoxy) is 1. The first-order chi connectivity index (χ1) is 9.31. The summed E-state index contributed by atoms with van der Waals surface area (Å²) in [7, 11) is 0. The fraction of sp³-hybridized carbons (Fsp3) is 0.333. The van der Waals surface area contributed by atoms with Gasteiger partial charge >= 0.3 is 12.4 Å². The monoisotopic (exact) mass is 286 g/mol. The molecule has 1 aliphatic heterocycles. The lowest BCUT2D eigenvalue weighted by Gasteiger charge is -2.14. The number of alkyl halides is 3. The molecule has 0 bridgehead atoms. The van der Waals surface area contributed by atoms with Crippen molar-refractivity contribution in [3.05, 3.63) is 24.3 Å². The first kappa shape index (κ1) is 12.8. The van der Waals surface area contributed by atoms with Crippen molar-refractivity contribution < 1.29 is 27.5 Å². The molecule has 106 valence electrons. The standard InChI is InChI=1S/C12H9F3N2O3/c13-12(14,15)20-8-3-1-7(2-4-8)17-9(18)11(5-6-11)16-10(17)19/h1-4H,5-6H2,(H,16,19). The summed E-state index contributed by atoms with van der Waals surface area (Å²) < 4.78 is 39.8. The Balaban J connectivity index is 1.81. The zero-order valence-electron chi connectivity index (χ0n) is 10.0. The lowest BCUT2D eigenvalue weighted by Crippen LogP contribution is -2.32. The molecule has 0 atom stereocenters. The first-order valence-corrected chi connectivity index (χ1v) is 5.83. The van der Waals surface area contributed by atoms with Crippen LogP contribution in [0.25, 0.3) is 0 Å². The Morgan fingerprint density at radius 1 is 1.15 bits per heavy atom. The molecular formula is C12H9F3N2O3. The van der Waals surface area contributed by atoms with E-state index in [9.17, 15) is 22.8 Å². The average Bonchev–Trinajstić information content (AvgIpc) is 3.05. The topological polar surface area (TPSA) is 58.6 Å². The number of carbonyl (C=O) groups is 2. The van der Waals surface area contributed by atoms with E-state index in [-0.39, 0.29) is 11.6 Å². The minimum absolute atomic E-state index is 0.214. The summed E-state index contributed by atoms with van der Waals surface area (Å²) in [6, 6.07) is 4.03. The van der Waals surface area contributed by atoms with Gasteiger partial charge in [0, 0.05) is 0 Å². The molecule has 3 amide bonds. The van der Waals surface area contributed by atoms with Crippen LogP contribution in [0.3, 0.4) is 0 Å². The van der Waals surface area contributed by atoms with Crippen LogP contribution in [0.4, 0.5) is 23.7 Å². The highest BCUT2D eigenvalue weighted by atomic mass is 19.4. The summed E-state index contributed by atoms with van der Waals surface area (Å²) in [6.07, 6.45) is -3.60. The molecule has 1 aromatic rings. The Bertz CT molecular complexity index is 579. The maximum atomic E-state index is 12.0. The van der Waals surface area contributed by atoms with Crippen LogP contribution in [0, 0.1) is 0 Å². The zero-order chi connectivity index (χ0) is 14.5. The number of benzene rings is 1. The van der Waals surface area contributed by atoms with E-state index in [2.05, 4.69) is 10.1 Å². The van der Waals surface area contributed by atoms with Gasteiger partial charge in [0.1, 0.15) is 11.3 Å². The van der Waals surface area contributed by atoms with Crippen molar-refractivity contribution in [1.29, 1.82) is 0 Å². The second-order valence-corrected chi connectivity index (χ2v) is 4.69. The van der Waals surface area contributed by atoms with Gasteiger partial charge in [-0.25, -0.2) is 9.69 Å². The highest BCUT2D eigenvalue weighted by molar-refractivity contribution is 6.24. The Morgan fingerprint density at radius 3 is 2.20 bits per heavy atom. The molecule has 2 fully saturated rings. The number of halogens is 3. The third kappa shape index (κ3) is 2.06. The van der Waals surface area contributed by atoms with Crippen LogP contribution in [0.5, 0.6) is 5.75 Å². The molecule has 1 saturated carbocycles. The van der Waals surface area contributed by atoms with Crippen LogP contribution in [0.2, 0.25) is 0 Å². The van der Waals surface area contributed by atoms with E-state index in [1.54, 1.807) is 0 Å². The number of hydrogen-bond acceptors (Lipinski definition) is 3. The lowest BCUT2D eigenvalue weighted by atomic mass is 10.2. The van der Waals surface area contributed by atoms with E-state index < -0.39 is 23.7 Å². The number of anilines is 1. The molecule has 0 radical (unpaired) electrons. The quantitative estimate of drug-likeness (QED) is 0.848. The van der Waals surface area contributed by atoms with Gasteiger partial charge in [-0.3, -0.25) is 4.79 Å². The highest BCUT2D eigenvalue weighted by Gasteiger charge is 2.59. The summed E-state index contributed by atoms with van der Waals surface area (Å²) in [6.45, 7) is 0. The van der Waals surface area contributed by atoms with Crippen molar-refractivity contribution >= 4 is 17.6 Å². The summed E-state index contributed by atoms with van der Waals surface area (Å²) >= 11 is 0. The van der Waals surface area contributed by atoms with Gasteiger partial charge in [0.15, 0.2) is 0 Å². The number of nitrogens with zero attached hydrogens (tertiary/aromatic N) is 1. The predicted octanol–water partition coefficient (Wildman–Crippen LogP) is 2.17. The third-order valence-corrected chi connectivity index (χ3v) is 3.24. The summed E-state index contributed by atoms with van der Waals surface area (Å²) in [5.74, 6) is -0.776. The van der Waals surface area contributed by atoms with Crippen LogP contribution in [0.15, 0.2) is 24.3 Å². The van der Waals surface area contributed by atoms with Crippen LogP contribution in [-0.4, -0.2) is 23.8 Å². The molecule has 1 aliphatic carbocycles. The number of carbonyl (C=O) groups excluding carboxylic acids is 2. The number of rotatable bonds is 2.